The Bertz CT molecular complexity index is 752. The van der Waals surface area contributed by atoms with Crippen molar-refractivity contribution in [2.45, 2.75) is 20.3 Å². The molecule has 2 aromatic rings. The highest BCUT2D eigenvalue weighted by Crippen LogP contribution is 2.39. The van der Waals surface area contributed by atoms with Crippen molar-refractivity contribution in [3.63, 3.8) is 0 Å². The van der Waals surface area contributed by atoms with E-state index < -0.39 is 0 Å². The van der Waals surface area contributed by atoms with Gasteiger partial charge in [-0.3, -0.25) is 4.79 Å². The van der Waals surface area contributed by atoms with E-state index in [0.29, 0.717) is 36.8 Å². The summed E-state index contributed by atoms with van der Waals surface area (Å²) in [6.45, 7) is 5.13. The number of methoxy groups -OCH3 is 3. The maximum absolute atomic E-state index is 12.6. The van der Waals surface area contributed by atoms with Gasteiger partial charge in [0.15, 0.2) is 11.5 Å². The van der Waals surface area contributed by atoms with Crippen LogP contribution in [0.2, 0.25) is 0 Å². The van der Waals surface area contributed by atoms with Crippen LogP contribution in [0.5, 0.6) is 17.2 Å². The second-order valence-corrected chi connectivity index (χ2v) is 6.07. The van der Waals surface area contributed by atoms with Crippen LogP contribution in [0.1, 0.15) is 18.9 Å². The Morgan fingerprint density at radius 1 is 1.04 bits per heavy atom. The normalized spacial score (nSPS) is 10.3. The molecule has 6 nitrogen and oxygen atoms in total. The molecule has 2 rings (SSSR count). The number of carbonyl (C=O) groups excluding carboxylic acids is 1. The molecule has 0 saturated carbocycles. The van der Waals surface area contributed by atoms with Crippen molar-refractivity contribution in [3.05, 3.63) is 42.0 Å². The Morgan fingerprint density at radius 2 is 1.70 bits per heavy atom. The Morgan fingerprint density at radius 3 is 2.22 bits per heavy atom. The lowest BCUT2D eigenvalue weighted by atomic mass is 10.2. The molecular weight excluding hydrogens is 344 g/mol. The van der Waals surface area contributed by atoms with E-state index in [1.807, 2.05) is 50.2 Å². The van der Waals surface area contributed by atoms with Gasteiger partial charge in [0.25, 0.3) is 0 Å². The predicted octanol–water partition coefficient (Wildman–Crippen LogP) is 3.88. The fourth-order valence-electron chi connectivity index (χ4n) is 2.93. The highest BCUT2D eigenvalue weighted by Gasteiger charge is 2.15. The van der Waals surface area contributed by atoms with Crippen molar-refractivity contribution < 1.29 is 19.0 Å². The molecule has 0 saturated heterocycles. The van der Waals surface area contributed by atoms with Crippen molar-refractivity contribution in [1.29, 1.82) is 0 Å². The summed E-state index contributed by atoms with van der Waals surface area (Å²) in [4.78, 5) is 14.4. The second kappa shape index (κ2) is 9.71. The fourth-order valence-corrected chi connectivity index (χ4v) is 2.93. The number of carbonyl (C=O) groups is 1. The summed E-state index contributed by atoms with van der Waals surface area (Å²) in [7, 11) is 4.72. The quantitative estimate of drug-likeness (QED) is 0.724. The first-order valence-corrected chi connectivity index (χ1v) is 8.94. The molecule has 0 unspecified atom stereocenters. The Kier molecular flexibility index (Phi) is 7.34. The summed E-state index contributed by atoms with van der Waals surface area (Å²) in [5.74, 6) is 1.75. The minimum Gasteiger partial charge on any atom is -0.493 e. The fraction of sp³-hybridized carbons (Fsp3) is 0.381. The minimum atomic E-state index is 0.0723. The molecule has 0 fully saturated rings. The summed E-state index contributed by atoms with van der Waals surface area (Å²) in [5, 5.41) is 3.26. The second-order valence-electron chi connectivity index (χ2n) is 6.07. The van der Waals surface area contributed by atoms with E-state index in [-0.39, 0.29) is 5.91 Å². The molecule has 0 aliphatic rings. The largest absolute Gasteiger partial charge is 0.493 e. The van der Waals surface area contributed by atoms with Crippen LogP contribution in [-0.2, 0) is 4.79 Å². The van der Waals surface area contributed by atoms with Crippen molar-refractivity contribution in [2.24, 2.45) is 0 Å². The van der Waals surface area contributed by atoms with E-state index in [4.69, 9.17) is 14.2 Å². The molecule has 0 bridgehead atoms. The molecule has 27 heavy (non-hydrogen) atoms. The molecule has 0 atom stereocenters. The number of ether oxygens (including phenoxy) is 3. The molecule has 6 heteroatoms. The first kappa shape index (κ1) is 20.4. The van der Waals surface area contributed by atoms with Crippen LogP contribution in [0.15, 0.2) is 36.4 Å². The van der Waals surface area contributed by atoms with Gasteiger partial charge in [-0.1, -0.05) is 12.1 Å². The zero-order valence-corrected chi connectivity index (χ0v) is 16.7. The van der Waals surface area contributed by atoms with Gasteiger partial charge >= 0.3 is 0 Å². The average molecular weight is 372 g/mol. The van der Waals surface area contributed by atoms with E-state index in [1.54, 1.807) is 26.2 Å². The van der Waals surface area contributed by atoms with Crippen molar-refractivity contribution in [2.75, 3.05) is 44.6 Å². The molecule has 0 aliphatic heterocycles. The van der Waals surface area contributed by atoms with Crippen molar-refractivity contribution in [1.82, 2.24) is 0 Å². The van der Waals surface area contributed by atoms with Gasteiger partial charge < -0.3 is 24.4 Å². The van der Waals surface area contributed by atoms with Gasteiger partial charge in [-0.2, -0.15) is 0 Å². The maximum Gasteiger partial charge on any atom is 0.228 e. The van der Waals surface area contributed by atoms with Gasteiger partial charge in [0, 0.05) is 43.0 Å². The lowest BCUT2D eigenvalue weighted by molar-refractivity contribution is -0.118. The lowest BCUT2D eigenvalue weighted by Crippen LogP contribution is -2.31. The van der Waals surface area contributed by atoms with Gasteiger partial charge in [-0.05, 0) is 31.5 Å². The van der Waals surface area contributed by atoms with Gasteiger partial charge in [-0.15, -0.1) is 0 Å². The zero-order valence-electron chi connectivity index (χ0n) is 16.7. The van der Waals surface area contributed by atoms with Gasteiger partial charge in [0.1, 0.15) is 0 Å². The van der Waals surface area contributed by atoms with Crippen LogP contribution in [0.3, 0.4) is 0 Å². The predicted molar refractivity (Wildman–Crippen MR) is 108 cm³/mol. The van der Waals surface area contributed by atoms with E-state index in [2.05, 4.69) is 5.32 Å². The Hall–Kier alpha value is -2.89. The number of nitrogens with one attached hydrogen (secondary N) is 1. The van der Waals surface area contributed by atoms with Crippen LogP contribution < -0.4 is 24.4 Å². The zero-order chi connectivity index (χ0) is 19.8. The lowest BCUT2D eigenvalue weighted by Gasteiger charge is -2.22. The third-order valence-electron chi connectivity index (χ3n) is 4.26. The molecule has 1 amide bonds. The van der Waals surface area contributed by atoms with Crippen molar-refractivity contribution >= 4 is 17.3 Å². The Balaban J connectivity index is 2.03. The first-order valence-electron chi connectivity index (χ1n) is 8.94. The summed E-state index contributed by atoms with van der Waals surface area (Å²) in [6, 6.07) is 11.6. The van der Waals surface area contributed by atoms with Crippen LogP contribution in [0.4, 0.5) is 11.4 Å². The van der Waals surface area contributed by atoms with Crippen LogP contribution >= 0.6 is 0 Å². The summed E-state index contributed by atoms with van der Waals surface area (Å²) in [5.41, 5.74) is 2.86. The molecule has 0 radical (unpaired) electrons. The number of nitrogens with zero attached hydrogens (tertiary/aromatic N) is 1. The number of hydrogen-bond donors (Lipinski definition) is 1. The smallest absolute Gasteiger partial charge is 0.228 e. The molecule has 2 aromatic carbocycles. The molecular formula is C21H28N2O4. The number of hydrogen-bond acceptors (Lipinski definition) is 5. The number of rotatable bonds is 9. The van der Waals surface area contributed by atoms with E-state index in [9.17, 15) is 4.79 Å². The molecule has 0 aromatic heterocycles. The third-order valence-corrected chi connectivity index (χ3v) is 4.26. The number of aryl methyl sites for hydroxylation is 1. The highest BCUT2D eigenvalue weighted by molar-refractivity contribution is 5.93. The van der Waals surface area contributed by atoms with Crippen LogP contribution in [0, 0.1) is 6.92 Å². The van der Waals surface area contributed by atoms with Crippen LogP contribution in [-0.4, -0.2) is 40.3 Å². The van der Waals surface area contributed by atoms with Gasteiger partial charge in [-0.25, -0.2) is 0 Å². The third kappa shape index (κ3) is 5.06. The standard InChI is InChI=1S/C21H28N2O4/c1-6-23(17-9-7-8-15(2)12-17)20(24)10-11-22-16-13-18(25-3)21(27-5)19(14-16)26-4/h7-9,12-14,22H,6,10-11H2,1-5H3. The average Bonchev–Trinajstić information content (AvgIpc) is 2.67. The molecule has 1 N–H and O–H groups in total. The monoisotopic (exact) mass is 372 g/mol. The first-order chi connectivity index (χ1) is 13.0. The van der Waals surface area contributed by atoms with Gasteiger partial charge in [0.05, 0.1) is 21.3 Å². The highest BCUT2D eigenvalue weighted by atomic mass is 16.5. The maximum atomic E-state index is 12.6. The van der Waals surface area contributed by atoms with E-state index >= 15 is 0 Å². The van der Waals surface area contributed by atoms with Gasteiger partial charge in [0.2, 0.25) is 11.7 Å². The van der Waals surface area contributed by atoms with Crippen LogP contribution in [0.25, 0.3) is 0 Å². The summed E-state index contributed by atoms with van der Waals surface area (Å²) >= 11 is 0. The topological polar surface area (TPSA) is 60.0 Å². The summed E-state index contributed by atoms with van der Waals surface area (Å²) < 4.78 is 16.0. The molecule has 0 aliphatic carbocycles. The molecule has 0 heterocycles. The number of anilines is 2. The molecule has 146 valence electrons. The summed E-state index contributed by atoms with van der Waals surface area (Å²) in [6.07, 6.45) is 0.373. The SMILES string of the molecule is CCN(C(=O)CCNc1cc(OC)c(OC)c(OC)c1)c1cccc(C)c1. The van der Waals surface area contributed by atoms with Crippen molar-refractivity contribution in [3.8, 4) is 17.2 Å². The number of benzene rings is 2. The Labute approximate surface area is 161 Å². The van der Waals surface area contributed by atoms with E-state index in [1.165, 1.54) is 0 Å². The number of amides is 1. The van der Waals surface area contributed by atoms with E-state index in [0.717, 1.165) is 16.9 Å². The minimum absolute atomic E-state index is 0.0723. The molecule has 0 spiro atoms.